The van der Waals surface area contributed by atoms with Crippen molar-refractivity contribution in [1.82, 2.24) is 14.9 Å². The minimum atomic E-state index is 0.546. The molecule has 1 aliphatic heterocycles. The molecule has 2 N–H and O–H groups in total. The second-order valence-corrected chi connectivity index (χ2v) is 4.83. The smallest absolute Gasteiger partial charge is 0.225 e. The maximum Gasteiger partial charge on any atom is 0.225 e. The molecule has 1 saturated heterocycles. The van der Waals surface area contributed by atoms with Gasteiger partial charge in [-0.05, 0) is 12.1 Å². The normalized spacial score (nSPS) is 16.3. The van der Waals surface area contributed by atoms with Gasteiger partial charge in [0.1, 0.15) is 0 Å². The standard InChI is InChI=1S/C14H18N6O/c15-13(18-10-12-2-9-21-11-12)19-5-7-20(8-6-19)14-16-3-1-4-17-14/h1-4,9,11H,5-8,10H2,(H2,15,18). The molecule has 3 rings (SSSR count). The quantitative estimate of drug-likeness (QED) is 0.661. The molecule has 110 valence electrons. The van der Waals surface area contributed by atoms with E-state index in [2.05, 4.69) is 24.8 Å². The molecule has 0 saturated carbocycles. The highest BCUT2D eigenvalue weighted by Gasteiger charge is 2.19. The molecule has 0 spiro atoms. The Bertz CT molecular complexity index is 575. The number of furan rings is 1. The summed E-state index contributed by atoms with van der Waals surface area (Å²) < 4.78 is 5.01. The van der Waals surface area contributed by atoms with Crippen LogP contribution in [-0.4, -0.2) is 47.0 Å². The van der Waals surface area contributed by atoms with Gasteiger partial charge in [-0.25, -0.2) is 15.0 Å². The molecule has 0 atom stereocenters. The molecular formula is C14H18N6O. The predicted octanol–water partition coefficient (Wildman–Crippen LogP) is 0.706. The third kappa shape index (κ3) is 3.31. The highest BCUT2D eigenvalue weighted by atomic mass is 16.3. The van der Waals surface area contributed by atoms with Crippen molar-refractivity contribution in [2.24, 2.45) is 10.7 Å². The van der Waals surface area contributed by atoms with E-state index in [9.17, 15) is 0 Å². The number of piperazine rings is 1. The van der Waals surface area contributed by atoms with Crippen molar-refractivity contribution >= 4 is 11.9 Å². The van der Waals surface area contributed by atoms with Crippen molar-refractivity contribution < 1.29 is 4.42 Å². The van der Waals surface area contributed by atoms with Crippen LogP contribution >= 0.6 is 0 Å². The molecule has 0 amide bonds. The van der Waals surface area contributed by atoms with E-state index in [0.717, 1.165) is 37.7 Å². The van der Waals surface area contributed by atoms with Gasteiger partial charge in [0.05, 0.1) is 19.1 Å². The predicted molar refractivity (Wildman–Crippen MR) is 79.9 cm³/mol. The first-order chi connectivity index (χ1) is 10.3. The molecule has 1 aliphatic rings. The monoisotopic (exact) mass is 286 g/mol. The zero-order valence-corrected chi connectivity index (χ0v) is 11.7. The van der Waals surface area contributed by atoms with Crippen LogP contribution in [0, 0.1) is 0 Å². The van der Waals surface area contributed by atoms with E-state index >= 15 is 0 Å². The molecule has 7 heteroatoms. The minimum Gasteiger partial charge on any atom is -0.472 e. The van der Waals surface area contributed by atoms with Crippen molar-refractivity contribution in [2.45, 2.75) is 6.54 Å². The molecular weight excluding hydrogens is 268 g/mol. The highest BCUT2D eigenvalue weighted by Crippen LogP contribution is 2.09. The van der Waals surface area contributed by atoms with Gasteiger partial charge in [-0.1, -0.05) is 0 Å². The first-order valence-corrected chi connectivity index (χ1v) is 6.91. The summed E-state index contributed by atoms with van der Waals surface area (Å²) in [6, 6.07) is 3.71. The summed E-state index contributed by atoms with van der Waals surface area (Å²) in [5.74, 6) is 1.34. The Labute approximate surface area is 123 Å². The van der Waals surface area contributed by atoms with E-state index in [-0.39, 0.29) is 0 Å². The number of anilines is 1. The Morgan fingerprint density at radius 2 is 2.00 bits per heavy atom. The lowest BCUT2D eigenvalue weighted by Crippen LogP contribution is -2.51. The first kappa shape index (κ1) is 13.4. The third-order valence-electron chi connectivity index (χ3n) is 3.44. The Morgan fingerprint density at radius 1 is 1.24 bits per heavy atom. The summed E-state index contributed by atoms with van der Waals surface area (Å²) in [7, 11) is 0. The van der Waals surface area contributed by atoms with Crippen LogP contribution in [0.1, 0.15) is 5.56 Å². The fraction of sp³-hybridized carbons (Fsp3) is 0.357. The summed E-state index contributed by atoms with van der Waals surface area (Å²) in [5.41, 5.74) is 7.07. The number of nitrogens with two attached hydrogens (primary N) is 1. The fourth-order valence-electron chi connectivity index (χ4n) is 2.24. The van der Waals surface area contributed by atoms with Crippen LogP contribution in [0.25, 0.3) is 0 Å². The van der Waals surface area contributed by atoms with Gasteiger partial charge in [0, 0.05) is 44.1 Å². The average Bonchev–Trinajstić information content (AvgIpc) is 3.07. The highest BCUT2D eigenvalue weighted by molar-refractivity contribution is 5.78. The summed E-state index contributed by atoms with van der Waals surface area (Å²) >= 11 is 0. The molecule has 21 heavy (non-hydrogen) atoms. The van der Waals surface area contributed by atoms with Crippen LogP contribution in [0.5, 0.6) is 0 Å². The third-order valence-corrected chi connectivity index (χ3v) is 3.44. The number of aromatic nitrogens is 2. The topological polar surface area (TPSA) is 83.8 Å². The molecule has 3 heterocycles. The molecule has 0 aromatic carbocycles. The fourth-order valence-corrected chi connectivity index (χ4v) is 2.24. The van der Waals surface area contributed by atoms with Crippen molar-refractivity contribution in [3.63, 3.8) is 0 Å². The Morgan fingerprint density at radius 3 is 2.67 bits per heavy atom. The lowest BCUT2D eigenvalue weighted by molar-refractivity contribution is 0.378. The van der Waals surface area contributed by atoms with E-state index in [0.29, 0.717) is 12.5 Å². The van der Waals surface area contributed by atoms with Crippen molar-refractivity contribution in [3.8, 4) is 0 Å². The average molecular weight is 286 g/mol. The molecule has 0 bridgehead atoms. The van der Waals surface area contributed by atoms with Crippen molar-refractivity contribution in [1.29, 1.82) is 0 Å². The molecule has 0 aliphatic carbocycles. The largest absolute Gasteiger partial charge is 0.472 e. The van der Waals surface area contributed by atoms with Gasteiger partial charge in [0.25, 0.3) is 0 Å². The lowest BCUT2D eigenvalue weighted by Gasteiger charge is -2.35. The zero-order valence-electron chi connectivity index (χ0n) is 11.7. The number of hydrogen-bond acceptors (Lipinski definition) is 5. The number of rotatable bonds is 3. The molecule has 0 radical (unpaired) electrons. The summed E-state index contributed by atoms with van der Waals surface area (Å²) in [6.07, 6.45) is 6.84. The lowest BCUT2D eigenvalue weighted by atomic mass is 10.3. The van der Waals surface area contributed by atoms with E-state index in [1.165, 1.54) is 0 Å². The van der Waals surface area contributed by atoms with Gasteiger partial charge < -0.3 is 20.0 Å². The summed E-state index contributed by atoms with van der Waals surface area (Å²) in [4.78, 5) is 17.2. The molecule has 0 unspecified atom stereocenters. The van der Waals surface area contributed by atoms with Gasteiger partial charge in [-0.15, -0.1) is 0 Å². The maximum absolute atomic E-state index is 6.04. The van der Waals surface area contributed by atoms with E-state index < -0.39 is 0 Å². The molecule has 1 fully saturated rings. The second-order valence-electron chi connectivity index (χ2n) is 4.83. The Kier molecular flexibility index (Phi) is 3.99. The first-order valence-electron chi connectivity index (χ1n) is 6.91. The molecule has 7 nitrogen and oxygen atoms in total. The van der Waals surface area contributed by atoms with Gasteiger partial charge in [0.15, 0.2) is 5.96 Å². The molecule has 2 aromatic rings. The maximum atomic E-state index is 6.04. The second kappa shape index (κ2) is 6.25. The Hall–Kier alpha value is -2.57. The number of aliphatic imine (C=N–C) groups is 1. The van der Waals surface area contributed by atoms with Gasteiger partial charge in [0.2, 0.25) is 5.95 Å². The van der Waals surface area contributed by atoms with Gasteiger partial charge in [-0.3, -0.25) is 0 Å². The minimum absolute atomic E-state index is 0.546. The zero-order chi connectivity index (χ0) is 14.5. The summed E-state index contributed by atoms with van der Waals surface area (Å²) in [6.45, 7) is 3.86. The van der Waals surface area contributed by atoms with Crippen LogP contribution in [0.2, 0.25) is 0 Å². The van der Waals surface area contributed by atoms with Crippen LogP contribution in [0.4, 0.5) is 5.95 Å². The van der Waals surface area contributed by atoms with Crippen LogP contribution < -0.4 is 10.6 Å². The van der Waals surface area contributed by atoms with Crippen molar-refractivity contribution in [2.75, 3.05) is 31.1 Å². The van der Waals surface area contributed by atoms with Gasteiger partial charge >= 0.3 is 0 Å². The SMILES string of the molecule is NC(=NCc1ccoc1)N1CCN(c2ncccn2)CC1. The van der Waals surface area contributed by atoms with E-state index in [1.54, 1.807) is 24.9 Å². The van der Waals surface area contributed by atoms with Crippen LogP contribution in [0.15, 0.2) is 46.5 Å². The van der Waals surface area contributed by atoms with E-state index in [4.69, 9.17) is 10.2 Å². The summed E-state index contributed by atoms with van der Waals surface area (Å²) in [5, 5.41) is 0. The Balaban J connectivity index is 1.54. The number of nitrogens with zero attached hydrogens (tertiary/aromatic N) is 5. The number of hydrogen-bond donors (Lipinski definition) is 1. The number of guanidine groups is 1. The molecule has 2 aromatic heterocycles. The van der Waals surface area contributed by atoms with Gasteiger partial charge in [-0.2, -0.15) is 0 Å². The van der Waals surface area contributed by atoms with Crippen LogP contribution in [-0.2, 0) is 6.54 Å². The van der Waals surface area contributed by atoms with Crippen molar-refractivity contribution in [3.05, 3.63) is 42.6 Å². The van der Waals surface area contributed by atoms with Crippen LogP contribution in [0.3, 0.4) is 0 Å². The van der Waals surface area contributed by atoms with E-state index in [1.807, 2.05) is 12.1 Å².